The molecule has 0 atom stereocenters. The van der Waals surface area contributed by atoms with E-state index in [1.807, 2.05) is 29.2 Å². The van der Waals surface area contributed by atoms with Crippen LogP contribution >= 0.6 is 27.7 Å². The SMILES string of the molecule is Cc1cccc(N2CCN(C(=O)CSc3ccc(Br)cc3)CC2)c1C. The summed E-state index contributed by atoms with van der Waals surface area (Å²) < 4.78 is 1.06. The van der Waals surface area contributed by atoms with Crippen LogP contribution in [-0.4, -0.2) is 42.7 Å². The number of benzene rings is 2. The Morgan fingerprint density at radius 1 is 1.04 bits per heavy atom. The lowest BCUT2D eigenvalue weighted by Gasteiger charge is -2.37. The van der Waals surface area contributed by atoms with E-state index in [0.717, 1.165) is 35.5 Å². The van der Waals surface area contributed by atoms with Crippen LogP contribution in [0.25, 0.3) is 0 Å². The van der Waals surface area contributed by atoms with Crippen molar-refractivity contribution in [2.45, 2.75) is 18.7 Å². The second kappa shape index (κ2) is 8.28. The summed E-state index contributed by atoms with van der Waals surface area (Å²) in [7, 11) is 0. The molecule has 0 unspecified atom stereocenters. The van der Waals surface area contributed by atoms with Crippen LogP contribution in [0.2, 0.25) is 0 Å². The van der Waals surface area contributed by atoms with E-state index in [0.29, 0.717) is 5.75 Å². The second-order valence-corrected chi connectivity index (χ2v) is 8.29. The van der Waals surface area contributed by atoms with Gasteiger partial charge in [-0.25, -0.2) is 0 Å². The zero-order chi connectivity index (χ0) is 17.8. The quantitative estimate of drug-likeness (QED) is 0.682. The van der Waals surface area contributed by atoms with Crippen molar-refractivity contribution in [2.24, 2.45) is 0 Å². The monoisotopic (exact) mass is 418 g/mol. The Bertz CT molecular complexity index is 740. The Labute approximate surface area is 162 Å². The molecule has 0 N–H and O–H groups in total. The van der Waals surface area contributed by atoms with Gasteiger partial charge in [-0.3, -0.25) is 4.79 Å². The van der Waals surface area contributed by atoms with Crippen LogP contribution in [0.4, 0.5) is 5.69 Å². The summed E-state index contributed by atoms with van der Waals surface area (Å²) in [5.74, 6) is 0.735. The molecule has 3 rings (SSSR count). The Kier molecular flexibility index (Phi) is 6.07. The average molecular weight is 419 g/mol. The number of carbonyl (C=O) groups excluding carboxylic acids is 1. The van der Waals surface area contributed by atoms with E-state index < -0.39 is 0 Å². The van der Waals surface area contributed by atoms with Gasteiger partial charge in [0.05, 0.1) is 5.75 Å². The van der Waals surface area contributed by atoms with Gasteiger partial charge in [0.1, 0.15) is 0 Å². The molecule has 0 saturated carbocycles. The number of thioether (sulfide) groups is 1. The van der Waals surface area contributed by atoms with Gasteiger partial charge in [-0.15, -0.1) is 11.8 Å². The highest BCUT2D eigenvalue weighted by molar-refractivity contribution is 9.10. The number of carbonyl (C=O) groups is 1. The van der Waals surface area contributed by atoms with E-state index in [9.17, 15) is 4.79 Å². The molecule has 0 bridgehead atoms. The van der Waals surface area contributed by atoms with E-state index in [4.69, 9.17) is 0 Å². The van der Waals surface area contributed by atoms with Crippen molar-refractivity contribution in [3.63, 3.8) is 0 Å². The average Bonchev–Trinajstić information content (AvgIpc) is 2.63. The minimum atomic E-state index is 0.230. The lowest BCUT2D eigenvalue weighted by Crippen LogP contribution is -2.49. The molecule has 0 spiro atoms. The van der Waals surface area contributed by atoms with Gasteiger partial charge in [0.15, 0.2) is 0 Å². The number of halogens is 1. The van der Waals surface area contributed by atoms with Crippen molar-refractivity contribution in [3.05, 3.63) is 58.1 Å². The van der Waals surface area contributed by atoms with Crippen LogP contribution in [0, 0.1) is 13.8 Å². The predicted molar refractivity (Wildman–Crippen MR) is 110 cm³/mol. The summed E-state index contributed by atoms with van der Waals surface area (Å²) in [6, 6.07) is 14.6. The van der Waals surface area contributed by atoms with Crippen LogP contribution in [0.1, 0.15) is 11.1 Å². The standard InChI is InChI=1S/C20H23BrN2OS/c1-15-4-3-5-19(16(15)2)22-10-12-23(13-11-22)20(24)14-25-18-8-6-17(21)7-9-18/h3-9H,10-14H2,1-2H3. The third kappa shape index (κ3) is 4.59. The van der Waals surface area contributed by atoms with E-state index in [1.54, 1.807) is 11.8 Å². The molecular formula is C20H23BrN2OS. The third-order valence-electron chi connectivity index (χ3n) is 4.73. The molecule has 0 radical (unpaired) electrons. The first-order valence-electron chi connectivity index (χ1n) is 8.52. The molecule has 1 amide bonds. The summed E-state index contributed by atoms with van der Waals surface area (Å²) in [5.41, 5.74) is 3.96. The fourth-order valence-electron chi connectivity index (χ4n) is 3.04. The van der Waals surface area contributed by atoms with Gasteiger partial charge < -0.3 is 9.80 Å². The maximum absolute atomic E-state index is 12.5. The lowest BCUT2D eigenvalue weighted by molar-refractivity contribution is -0.128. The summed E-state index contributed by atoms with van der Waals surface area (Å²) in [4.78, 5) is 18.0. The van der Waals surface area contributed by atoms with Crippen LogP contribution in [0.3, 0.4) is 0 Å². The molecule has 132 valence electrons. The maximum Gasteiger partial charge on any atom is 0.233 e. The van der Waals surface area contributed by atoms with E-state index >= 15 is 0 Å². The highest BCUT2D eigenvalue weighted by Gasteiger charge is 2.22. The topological polar surface area (TPSA) is 23.6 Å². The first kappa shape index (κ1) is 18.3. The number of amides is 1. The highest BCUT2D eigenvalue weighted by atomic mass is 79.9. The highest BCUT2D eigenvalue weighted by Crippen LogP contribution is 2.25. The van der Waals surface area contributed by atoms with Crippen molar-refractivity contribution < 1.29 is 4.79 Å². The Morgan fingerprint density at radius 2 is 1.72 bits per heavy atom. The summed E-state index contributed by atoms with van der Waals surface area (Å²) in [6.45, 7) is 7.73. The smallest absolute Gasteiger partial charge is 0.233 e. The molecule has 2 aromatic rings. The number of aryl methyl sites for hydroxylation is 1. The number of rotatable bonds is 4. The Morgan fingerprint density at radius 3 is 2.40 bits per heavy atom. The first-order chi connectivity index (χ1) is 12.0. The van der Waals surface area contributed by atoms with E-state index in [2.05, 4.69) is 52.9 Å². The zero-order valence-corrected chi connectivity index (χ0v) is 17.1. The number of hydrogen-bond acceptors (Lipinski definition) is 3. The number of hydrogen-bond donors (Lipinski definition) is 0. The third-order valence-corrected chi connectivity index (χ3v) is 6.25. The van der Waals surface area contributed by atoms with Gasteiger partial charge in [0, 0.05) is 41.2 Å². The van der Waals surface area contributed by atoms with Crippen molar-refractivity contribution in [1.82, 2.24) is 4.90 Å². The molecule has 1 heterocycles. The molecule has 3 nitrogen and oxygen atoms in total. The molecule has 1 fully saturated rings. The van der Waals surface area contributed by atoms with Crippen LogP contribution < -0.4 is 4.90 Å². The largest absolute Gasteiger partial charge is 0.368 e. The minimum absolute atomic E-state index is 0.230. The van der Waals surface area contributed by atoms with Gasteiger partial charge in [0.2, 0.25) is 5.91 Å². The molecule has 2 aromatic carbocycles. The fraction of sp³-hybridized carbons (Fsp3) is 0.350. The number of nitrogens with zero attached hydrogens (tertiary/aromatic N) is 2. The predicted octanol–water partition coefficient (Wildman–Crippen LogP) is 4.51. The second-order valence-electron chi connectivity index (χ2n) is 6.33. The molecular weight excluding hydrogens is 396 g/mol. The van der Waals surface area contributed by atoms with E-state index in [-0.39, 0.29) is 5.91 Å². The summed E-state index contributed by atoms with van der Waals surface area (Å²) >= 11 is 5.04. The Hall–Kier alpha value is -1.46. The van der Waals surface area contributed by atoms with Crippen LogP contribution in [-0.2, 0) is 4.79 Å². The summed E-state index contributed by atoms with van der Waals surface area (Å²) in [6.07, 6.45) is 0. The van der Waals surface area contributed by atoms with Gasteiger partial charge in [-0.1, -0.05) is 28.1 Å². The normalized spacial score (nSPS) is 14.7. The molecule has 0 aromatic heterocycles. The van der Waals surface area contributed by atoms with Crippen LogP contribution in [0.5, 0.6) is 0 Å². The Balaban J connectivity index is 1.52. The van der Waals surface area contributed by atoms with Crippen molar-refractivity contribution in [3.8, 4) is 0 Å². The number of piperazine rings is 1. The van der Waals surface area contributed by atoms with Crippen molar-refractivity contribution in [1.29, 1.82) is 0 Å². The molecule has 1 aliphatic heterocycles. The number of anilines is 1. The fourth-order valence-corrected chi connectivity index (χ4v) is 4.11. The van der Waals surface area contributed by atoms with Crippen molar-refractivity contribution >= 4 is 39.3 Å². The van der Waals surface area contributed by atoms with Gasteiger partial charge in [0.25, 0.3) is 0 Å². The zero-order valence-electron chi connectivity index (χ0n) is 14.7. The molecule has 1 aliphatic rings. The maximum atomic E-state index is 12.5. The van der Waals surface area contributed by atoms with Gasteiger partial charge in [-0.05, 0) is 55.3 Å². The lowest BCUT2D eigenvalue weighted by atomic mass is 10.1. The van der Waals surface area contributed by atoms with Crippen molar-refractivity contribution in [2.75, 3.05) is 36.8 Å². The van der Waals surface area contributed by atoms with Gasteiger partial charge in [-0.2, -0.15) is 0 Å². The van der Waals surface area contributed by atoms with E-state index in [1.165, 1.54) is 16.8 Å². The minimum Gasteiger partial charge on any atom is -0.368 e. The van der Waals surface area contributed by atoms with Gasteiger partial charge >= 0.3 is 0 Å². The first-order valence-corrected chi connectivity index (χ1v) is 10.3. The van der Waals surface area contributed by atoms with Crippen LogP contribution in [0.15, 0.2) is 51.8 Å². The molecule has 5 heteroatoms. The molecule has 1 saturated heterocycles. The molecule has 25 heavy (non-hydrogen) atoms. The molecule has 0 aliphatic carbocycles. The summed E-state index contributed by atoms with van der Waals surface area (Å²) in [5, 5.41) is 0.